The lowest BCUT2D eigenvalue weighted by Gasteiger charge is -2.26. The highest BCUT2D eigenvalue weighted by Crippen LogP contribution is 2.23. The van der Waals surface area contributed by atoms with Gasteiger partial charge < -0.3 is 58.0 Å². The van der Waals surface area contributed by atoms with E-state index >= 15 is 0 Å². The molecule has 0 bridgehead atoms. The maximum atomic E-state index is 13.8. The molecule has 0 aliphatic carbocycles. The van der Waals surface area contributed by atoms with E-state index in [9.17, 15) is 38.4 Å². The number of benzene rings is 4. The second-order valence-electron chi connectivity index (χ2n) is 22.2. The molecule has 0 fully saturated rings. The van der Waals surface area contributed by atoms with Crippen LogP contribution < -0.4 is 20.1 Å². The van der Waals surface area contributed by atoms with E-state index in [4.69, 9.17) is 47.4 Å². The zero-order chi connectivity index (χ0) is 59.3. The summed E-state index contributed by atoms with van der Waals surface area (Å²) >= 11 is 0. The van der Waals surface area contributed by atoms with E-state index in [0.717, 1.165) is 11.1 Å². The quantitative estimate of drug-likeness (QED) is 0.0324. The molecule has 0 radical (unpaired) electrons. The first-order chi connectivity index (χ1) is 37.4. The Morgan fingerprint density at radius 1 is 0.400 bits per heavy atom. The van der Waals surface area contributed by atoms with Gasteiger partial charge in [-0.25, -0.2) is 19.2 Å². The molecule has 0 unspecified atom stereocenters. The van der Waals surface area contributed by atoms with E-state index in [1.807, 2.05) is 12.1 Å². The van der Waals surface area contributed by atoms with Crippen LogP contribution in [0, 0.1) is 0 Å². The van der Waals surface area contributed by atoms with Gasteiger partial charge >= 0.3 is 35.8 Å². The number of nitrogens with one attached hydrogen (secondary N) is 2. The molecule has 4 rings (SSSR count). The average Bonchev–Trinajstić information content (AvgIpc) is 3.36. The van der Waals surface area contributed by atoms with Gasteiger partial charge in [0.2, 0.25) is 0 Å². The molecule has 4 aromatic rings. The lowest BCUT2D eigenvalue weighted by atomic mass is 10.1. The summed E-state index contributed by atoms with van der Waals surface area (Å²) in [5, 5.41) is 5.11. The van der Waals surface area contributed by atoms with Crippen LogP contribution in [0.2, 0.25) is 0 Å². The zero-order valence-electron chi connectivity index (χ0n) is 47.8. The predicted octanol–water partition coefficient (Wildman–Crippen LogP) is 8.24. The number of ether oxygens (including phenoxy) is 10. The van der Waals surface area contributed by atoms with Crippen molar-refractivity contribution in [3.63, 3.8) is 0 Å². The fourth-order valence-electron chi connectivity index (χ4n) is 6.95. The second-order valence-corrected chi connectivity index (χ2v) is 22.2. The van der Waals surface area contributed by atoms with Gasteiger partial charge in [-0.15, -0.1) is 0 Å². The third-order valence-electron chi connectivity index (χ3n) is 10.2. The molecule has 0 aliphatic heterocycles. The van der Waals surface area contributed by atoms with E-state index in [-0.39, 0.29) is 86.6 Å². The van der Waals surface area contributed by atoms with Crippen molar-refractivity contribution >= 4 is 47.6 Å². The molecule has 434 valence electrons. The Hall–Kier alpha value is -7.84. The molecule has 2 N–H and O–H groups in total. The molecule has 20 nitrogen and oxygen atoms in total. The van der Waals surface area contributed by atoms with Gasteiger partial charge in [-0.2, -0.15) is 0 Å². The summed E-state index contributed by atoms with van der Waals surface area (Å²) in [6.45, 7) is 20.0. The van der Waals surface area contributed by atoms with Crippen molar-refractivity contribution in [2.45, 2.75) is 144 Å². The van der Waals surface area contributed by atoms with Crippen LogP contribution in [0.4, 0.5) is 0 Å². The monoisotopic (exact) mass is 1110 g/mol. The number of hydrogen-bond acceptors (Lipinski definition) is 18. The Morgan fingerprint density at radius 3 is 1.04 bits per heavy atom. The minimum Gasteiger partial charge on any atom is -0.491 e. The molecule has 2 atom stereocenters. The molecule has 0 spiro atoms. The predicted molar refractivity (Wildman–Crippen MR) is 292 cm³/mol. The Kier molecular flexibility index (Phi) is 24.2. The van der Waals surface area contributed by atoms with Crippen molar-refractivity contribution in [3.8, 4) is 11.5 Å². The highest BCUT2D eigenvalue weighted by atomic mass is 16.6. The average molecular weight is 1110 g/mol. The maximum absolute atomic E-state index is 13.8. The molecular formula is C60H76N2O18. The van der Waals surface area contributed by atoms with E-state index in [1.165, 1.54) is 36.4 Å². The Labute approximate surface area is 467 Å². The van der Waals surface area contributed by atoms with Gasteiger partial charge in [-0.1, -0.05) is 60.7 Å². The van der Waals surface area contributed by atoms with Gasteiger partial charge in [0.15, 0.2) is 0 Å². The molecule has 0 heterocycles. The Bertz CT molecular complexity index is 2550. The van der Waals surface area contributed by atoms with Crippen LogP contribution >= 0.6 is 0 Å². The van der Waals surface area contributed by atoms with Gasteiger partial charge in [0.1, 0.15) is 72.4 Å². The van der Waals surface area contributed by atoms with Gasteiger partial charge in [0.25, 0.3) is 11.8 Å². The fourth-order valence-corrected chi connectivity index (χ4v) is 6.95. The van der Waals surface area contributed by atoms with E-state index in [1.54, 1.807) is 132 Å². The fraction of sp³-hybridized carbons (Fsp3) is 0.467. The van der Waals surface area contributed by atoms with Crippen LogP contribution in [0.1, 0.15) is 148 Å². The van der Waals surface area contributed by atoms with Crippen LogP contribution in [-0.4, -0.2) is 122 Å². The van der Waals surface area contributed by atoms with Crippen LogP contribution in [0.5, 0.6) is 11.5 Å². The summed E-state index contributed by atoms with van der Waals surface area (Å²) in [6.07, 6.45) is -1.06. The number of carbonyl (C=O) groups excluding carboxylic acids is 8. The second kappa shape index (κ2) is 29.9. The molecule has 0 aromatic heterocycles. The first-order valence-corrected chi connectivity index (χ1v) is 26.1. The molecule has 4 aromatic carbocycles. The largest absolute Gasteiger partial charge is 0.491 e. The minimum absolute atomic E-state index is 0.0302. The highest BCUT2D eigenvalue weighted by molar-refractivity contribution is 6.02. The van der Waals surface area contributed by atoms with Gasteiger partial charge in [-0.05, 0) is 131 Å². The number of rotatable bonds is 27. The Morgan fingerprint density at radius 2 is 0.713 bits per heavy atom. The summed E-state index contributed by atoms with van der Waals surface area (Å²) in [5.74, 6) is -6.19. The van der Waals surface area contributed by atoms with Crippen molar-refractivity contribution < 1.29 is 85.7 Å². The summed E-state index contributed by atoms with van der Waals surface area (Å²) in [4.78, 5) is 107. The number of hydrogen-bond donors (Lipinski definition) is 2. The zero-order valence-corrected chi connectivity index (χ0v) is 47.8. The standard InChI is InChI=1S/C60H76N2O18/c1-57(2,3)77-49(63)35-47(55(69)79-59(7,8)9)61-51(65)41-29-43(53(67)75-37-39-19-15-13-16-20-39)33-45(31-41)73-27-25-71-23-24-72-26-28-74-46-32-42(30-44(34-46)54(68)76-38-40-21-17-14-18-22-40)52(66)62-48(56(70)80-60(10,11)12)36-50(64)78-58(4,5)6/h13-22,29-34,47-48H,23-28,35-38H2,1-12H3,(H,61,65)(H,62,66)/t47-,48-/m0/s1. The van der Waals surface area contributed by atoms with Gasteiger partial charge in [0, 0.05) is 11.1 Å². The molecular weight excluding hydrogens is 1040 g/mol. The SMILES string of the molecule is CC(C)(C)OC(=O)C[C@H](NC(=O)c1cc(OCCOCCOCCOc2cc(C(=O)N[C@@H](CC(=O)OC(C)(C)C)C(=O)OC(C)(C)C)cc(C(=O)OCc3ccccc3)c2)cc(C(=O)OCc2ccccc2)c1)C(=O)OC(C)(C)C. The van der Waals surface area contributed by atoms with E-state index in [2.05, 4.69) is 10.6 Å². The summed E-state index contributed by atoms with van der Waals surface area (Å²) in [7, 11) is 0. The first-order valence-electron chi connectivity index (χ1n) is 26.1. The molecule has 2 amide bonds. The first kappa shape index (κ1) is 64.7. The molecule has 0 saturated heterocycles. The Balaban J connectivity index is 1.39. The van der Waals surface area contributed by atoms with Gasteiger partial charge in [0.05, 0.1) is 50.4 Å². The lowest BCUT2D eigenvalue weighted by Crippen LogP contribution is -2.46. The minimum atomic E-state index is -1.44. The topological polar surface area (TPSA) is 253 Å². The van der Waals surface area contributed by atoms with Crippen LogP contribution in [-0.2, 0) is 70.3 Å². The highest BCUT2D eigenvalue weighted by Gasteiger charge is 2.33. The van der Waals surface area contributed by atoms with E-state index < -0.39 is 95.0 Å². The lowest BCUT2D eigenvalue weighted by molar-refractivity contribution is -0.164. The number of carbonyl (C=O) groups is 8. The number of amides is 2. The maximum Gasteiger partial charge on any atom is 0.338 e. The van der Waals surface area contributed by atoms with Crippen molar-refractivity contribution in [2.24, 2.45) is 0 Å². The summed E-state index contributed by atoms with van der Waals surface area (Å²) < 4.78 is 56.1. The normalized spacial score (nSPS) is 12.4. The van der Waals surface area contributed by atoms with Crippen molar-refractivity contribution in [2.75, 3.05) is 39.6 Å². The van der Waals surface area contributed by atoms with E-state index in [0.29, 0.717) is 0 Å². The van der Waals surface area contributed by atoms with Crippen molar-refractivity contribution in [3.05, 3.63) is 130 Å². The summed E-state index contributed by atoms with van der Waals surface area (Å²) in [6, 6.07) is 23.1. The van der Waals surface area contributed by atoms with Crippen LogP contribution in [0.3, 0.4) is 0 Å². The molecule has 80 heavy (non-hydrogen) atoms. The van der Waals surface area contributed by atoms with Gasteiger partial charge in [-0.3, -0.25) is 19.2 Å². The van der Waals surface area contributed by atoms with Crippen LogP contribution in [0.15, 0.2) is 97.1 Å². The van der Waals surface area contributed by atoms with Crippen molar-refractivity contribution in [1.82, 2.24) is 10.6 Å². The molecule has 0 aliphatic rings. The summed E-state index contributed by atoms with van der Waals surface area (Å²) in [5.41, 5.74) is -2.39. The molecule has 0 saturated carbocycles. The smallest absolute Gasteiger partial charge is 0.338 e. The van der Waals surface area contributed by atoms with Crippen molar-refractivity contribution in [1.29, 1.82) is 0 Å². The van der Waals surface area contributed by atoms with Crippen LogP contribution in [0.25, 0.3) is 0 Å². The number of esters is 6. The third-order valence-corrected chi connectivity index (χ3v) is 10.2. The third kappa shape index (κ3) is 25.3. The molecule has 20 heteroatoms.